The summed E-state index contributed by atoms with van der Waals surface area (Å²) in [6, 6.07) is 3.81. The van der Waals surface area contributed by atoms with Gasteiger partial charge in [0.1, 0.15) is 11.5 Å². The number of hydrogen-bond acceptors (Lipinski definition) is 6. The van der Waals surface area contributed by atoms with Gasteiger partial charge in [0.15, 0.2) is 0 Å². The maximum atomic E-state index is 6.18. The van der Waals surface area contributed by atoms with Crippen molar-refractivity contribution in [1.82, 2.24) is 10.3 Å². The van der Waals surface area contributed by atoms with Gasteiger partial charge in [-0.1, -0.05) is 10.3 Å². The van der Waals surface area contributed by atoms with Crippen LogP contribution in [0.5, 0.6) is 0 Å². The molecule has 0 aliphatic carbocycles. The molecule has 2 heterocycles. The topological polar surface area (TPSA) is 104 Å². The molecule has 6 nitrogen and oxygen atoms in total. The summed E-state index contributed by atoms with van der Waals surface area (Å²) < 4.78 is 10.5. The molecule has 0 saturated carbocycles. The van der Waals surface area contributed by atoms with Crippen molar-refractivity contribution in [2.45, 2.75) is 27.7 Å². The van der Waals surface area contributed by atoms with Gasteiger partial charge in [0.2, 0.25) is 0 Å². The third kappa shape index (κ3) is 2.04. The highest BCUT2D eigenvalue weighted by molar-refractivity contribution is 5.91. The predicted molar refractivity (Wildman–Crippen MR) is 85.2 cm³/mol. The van der Waals surface area contributed by atoms with Gasteiger partial charge in [0.05, 0.1) is 22.8 Å². The molecule has 0 fully saturated rings. The first kappa shape index (κ1) is 14.2. The average molecular weight is 298 g/mol. The summed E-state index contributed by atoms with van der Waals surface area (Å²) in [6.45, 7) is 7.50. The number of nitrogens with zero attached hydrogens (tertiary/aromatic N) is 2. The van der Waals surface area contributed by atoms with Gasteiger partial charge in [-0.05, 0) is 45.4 Å². The van der Waals surface area contributed by atoms with Crippen LogP contribution in [0, 0.1) is 27.7 Å². The van der Waals surface area contributed by atoms with E-state index in [0.29, 0.717) is 17.1 Å². The first-order valence-electron chi connectivity index (χ1n) is 6.95. The van der Waals surface area contributed by atoms with Crippen LogP contribution in [0.1, 0.15) is 22.9 Å². The minimum atomic E-state index is 0.507. The van der Waals surface area contributed by atoms with E-state index in [1.807, 2.05) is 39.8 Å². The van der Waals surface area contributed by atoms with Crippen LogP contribution in [0.15, 0.2) is 21.2 Å². The fourth-order valence-corrected chi connectivity index (χ4v) is 2.79. The molecule has 0 saturated heterocycles. The van der Waals surface area contributed by atoms with Gasteiger partial charge in [0, 0.05) is 16.7 Å². The zero-order valence-electron chi connectivity index (χ0n) is 13.0. The van der Waals surface area contributed by atoms with E-state index < -0.39 is 0 Å². The van der Waals surface area contributed by atoms with Crippen molar-refractivity contribution in [1.29, 1.82) is 0 Å². The van der Waals surface area contributed by atoms with Gasteiger partial charge in [-0.2, -0.15) is 0 Å². The Morgan fingerprint density at radius 2 is 1.36 bits per heavy atom. The first-order valence-corrected chi connectivity index (χ1v) is 6.95. The maximum Gasteiger partial charge on any atom is 0.141 e. The third-order valence-corrected chi connectivity index (χ3v) is 3.84. The van der Waals surface area contributed by atoms with Crippen molar-refractivity contribution < 1.29 is 9.05 Å². The molecule has 0 amide bonds. The van der Waals surface area contributed by atoms with E-state index in [4.69, 9.17) is 20.5 Å². The number of benzene rings is 1. The fraction of sp³-hybridized carbons (Fsp3) is 0.250. The molecule has 0 atom stereocenters. The van der Waals surface area contributed by atoms with Crippen molar-refractivity contribution in [3.05, 3.63) is 35.0 Å². The molecular formula is C16H18N4O2. The molecule has 2 aromatic heterocycles. The largest absolute Gasteiger partial charge is 0.397 e. The summed E-state index contributed by atoms with van der Waals surface area (Å²) in [5.74, 6) is 1.45. The van der Waals surface area contributed by atoms with Crippen LogP contribution in [0.2, 0.25) is 0 Å². The van der Waals surface area contributed by atoms with Crippen LogP contribution in [0.25, 0.3) is 22.3 Å². The van der Waals surface area contributed by atoms with E-state index in [9.17, 15) is 0 Å². The van der Waals surface area contributed by atoms with Gasteiger partial charge in [0.25, 0.3) is 0 Å². The molecule has 0 spiro atoms. The summed E-state index contributed by atoms with van der Waals surface area (Å²) >= 11 is 0. The summed E-state index contributed by atoms with van der Waals surface area (Å²) in [7, 11) is 0. The molecular weight excluding hydrogens is 280 g/mol. The predicted octanol–water partition coefficient (Wildman–Crippen LogP) is 3.39. The summed E-state index contributed by atoms with van der Waals surface area (Å²) in [5, 5.41) is 7.98. The van der Waals surface area contributed by atoms with E-state index in [2.05, 4.69) is 10.3 Å². The Morgan fingerprint density at radius 3 is 1.86 bits per heavy atom. The third-order valence-electron chi connectivity index (χ3n) is 3.84. The first-order chi connectivity index (χ1) is 10.4. The molecule has 0 radical (unpaired) electrons. The molecule has 6 heteroatoms. The average Bonchev–Trinajstić information content (AvgIpc) is 2.97. The zero-order valence-corrected chi connectivity index (χ0v) is 13.0. The summed E-state index contributed by atoms with van der Waals surface area (Å²) in [5.41, 5.74) is 18.4. The van der Waals surface area contributed by atoms with Crippen LogP contribution >= 0.6 is 0 Å². The van der Waals surface area contributed by atoms with E-state index >= 15 is 0 Å². The van der Waals surface area contributed by atoms with Crippen molar-refractivity contribution in [3.63, 3.8) is 0 Å². The fourth-order valence-electron chi connectivity index (χ4n) is 2.79. The van der Waals surface area contributed by atoms with Crippen molar-refractivity contribution in [2.24, 2.45) is 0 Å². The van der Waals surface area contributed by atoms with Gasteiger partial charge < -0.3 is 20.5 Å². The highest BCUT2D eigenvalue weighted by Crippen LogP contribution is 2.39. The van der Waals surface area contributed by atoms with Crippen LogP contribution in [-0.2, 0) is 0 Å². The number of aromatic nitrogens is 2. The second-order valence-corrected chi connectivity index (χ2v) is 5.43. The maximum absolute atomic E-state index is 6.18. The second-order valence-electron chi connectivity index (χ2n) is 5.43. The Balaban J connectivity index is 2.29. The highest BCUT2D eigenvalue weighted by Gasteiger charge is 2.19. The summed E-state index contributed by atoms with van der Waals surface area (Å²) in [4.78, 5) is 0. The number of rotatable bonds is 2. The molecule has 3 aromatic rings. The van der Waals surface area contributed by atoms with E-state index in [0.717, 1.165) is 39.4 Å². The number of anilines is 2. The second kappa shape index (κ2) is 4.91. The summed E-state index contributed by atoms with van der Waals surface area (Å²) in [6.07, 6.45) is 0. The van der Waals surface area contributed by atoms with Crippen molar-refractivity contribution >= 4 is 11.4 Å². The Kier molecular flexibility index (Phi) is 3.16. The molecule has 1 aromatic carbocycles. The zero-order chi connectivity index (χ0) is 16.0. The molecule has 0 aliphatic rings. The SMILES string of the molecule is Cc1noc(C)c1-c1cc(N)c(N)c(-c2c(C)noc2C)c1. The minimum absolute atomic E-state index is 0.507. The minimum Gasteiger partial charge on any atom is -0.397 e. The lowest BCUT2D eigenvalue weighted by molar-refractivity contribution is 0.393. The van der Waals surface area contributed by atoms with Crippen LogP contribution in [0.4, 0.5) is 11.4 Å². The standard InChI is InChI=1S/C16H18N4O2/c1-7-14(9(3)21-19-7)11-5-12(16(18)13(17)6-11)15-8(2)20-22-10(15)4/h5-6H,17-18H2,1-4H3. The number of nitrogen functional groups attached to an aromatic ring is 2. The van der Waals surface area contributed by atoms with Gasteiger partial charge in [-0.25, -0.2) is 0 Å². The normalized spacial score (nSPS) is 11.1. The Hall–Kier alpha value is -2.76. The highest BCUT2D eigenvalue weighted by atomic mass is 16.5. The molecule has 0 bridgehead atoms. The number of aryl methyl sites for hydroxylation is 4. The number of hydrogen-bond donors (Lipinski definition) is 2. The van der Waals surface area contributed by atoms with Gasteiger partial charge in [-0.3, -0.25) is 0 Å². The molecule has 0 unspecified atom stereocenters. The van der Waals surface area contributed by atoms with Crippen LogP contribution in [0.3, 0.4) is 0 Å². The molecule has 3 rings (SSSR count). The van der Waals surface area contributed by atoms with E-state index in [-0.39, 0.29) is 0 Å². The monoisotopic (exact) mass is 298 g/mol. The van der Waals surface area contributed by atoms with Gasteiger partial charge in [-0.15, -0.1) is 0 Å². The smallest absolute Gasteiger partial charge is 0.141 e. The Morgan fingerprint density at radius 1 is 0.818 bits per heavy atom. The molecule has 0 aliphatic heterocycles. The van der Waals surface area contributed by atoms with Crippen LogP contribution < -0.4 is 11.5 Å². The van der Waals surface area contributed by atoms with Gasteiger partial charge >= 0.3 is 0 Å². The number of nitrogens with two attached hydrogens (primary N) is 2. The van der Waals surface area contributed by atoms with Crippen molar-refractivity contribution in [2.75, 3.05) is 11.5 Å². The van der Waals surface area contributed by atoms with Crippen molar-refractivity contribution in [3.8, 4) is 22.3 Å². The Labute approximate surface area is 128 Å². The quantitative estimate of drug-likeness (QED) is 0.703. The van der Waals surface area contributed by atoms with Crippen LogP contribution in [-0.4, -0.2) is 10.3 Å². The lowest BCUT2D eigenvalue weighted by atomic mass is 9.95. The lowest BCUT2D eigenvalue weighted by Crippen LogP contribution is -1.99. The molecule has 22 heavy (non-hydrogen) atoms. The molecule has 4 N–H and O–H groups in total. The Bertz CT molecular complexity index is 822. The lowest BCUT2D eigenvalue weighted by Gasteiger charge is -2.11. The van der Waals surface area contributed by atoms with E-state index in [1.54, 1.807) is 0 Å². The molecule has 114 valence electrons. The van der Waals surface area contributed by atoms with E-state index in [1.165, 1.54) is 0 Å².